The van der Waals surface area contributed by atoms with Gasteiger partial charge in [-0.1, -0.05) is 52.3 Å². The van der Waals surface area contributed by atoms with Crippen molar-refractivity contribution in [2.75, 3.05) is 0 Å². The fourth-order valence-electron chi connectivity index (χ4n) is 2.05. The molecule has 0 spiro atoms. The third-order valence-electron chi connectivity index (χ3n) is 3.96. The van der Waals surface area contributed by atoms with Gasteiger partial charge >= 0.3 is 5.97 Å². The van der Waals surface area contributed by atoms with Crippen molar-refractivity contribution in [2.45, 2.75) is 57.8 Å². The molecule has 0 saturated heterocycles. The van der Waals surface area contributed by atoms with Gasteiger partial charge in [0.05, 0.1) is 16.1 Å². The largest absolute Gasteiger partial charge is 0.478 e. The van der Waals surface area contributed by atoms with E-state index in [1.54, 1.807) is 6.92 Å². The number of rotatable bonds is 4. The highest BCUT2D eigenvalue weighted by atomic mass is 28.4. The molecule has 0 aromatic rings. The van der Waals surface area contributed by atoms with Crippen LogP contribution in [0.1, 0.15) is 13.8 Å². The lowest BCUT2D eigenvalue weighted by Gasteiger charge is -2.47. The summed E-state index contributed by atoms with van der Waals surface area (Å²) in [5.41, 5.74) is 0.493. The molecule has 0 heterocycles. The van der Waals surface area contributed by atoms with Crippen molar-refractivity contribution in [1.29, 1.82) is 0 Å². The van der Waals surface area contributed by atoms with Crippen molar-refractivity contribution in [3.63, 3.8) is 0 Å². The van der Waals surface area contributed by atoms with Gasteiger partial charge in [0.1, 0.15) is 0 Å². The van der Waals surface area contributed by atoms with Crippen molar-refractivity contribution in [3.05, 3.63) is 11.6 Å². The van der Waals surface area contributed by atoms with Crippen LogP contribution in [0.5, 0.6) is 0 Å². The van der Waals surface area contributed by atoms with Gasteiger partial charge in [-0.2, -0.15) is 0 Å². The van der Waals surface area contributed by atoms with E-state index in [-0.39, 0.29) is 4.66 Å². The van der Waals surface area contributed by atoms with Crippen LogP contribution in [0.4, 0.5) is 0 Å². The molecule has 0 aliphatic heterocycles. The molecule has 0 aromatic carbocycles. The second-order valence-electron chi connectivity index (χ2n) is 6.83. The predicted octanol–water partition coefficient (Wildman–Crippen LogP) is 3.99. The Morgan fingerprint density at radius 1 is 1.06 bits per heavy atom. The van der Waals surface area contributed by atoms with Crippen molar-refractivity contribution in [3.8, 4) is 0 Å². The monoisotopic (exact) mass is 258 g/mol. The summed E-state index contributed by atoms with van der Waals surface area (Å²) in [5, 5.41) is 9.04. The van der Waals surface area contributed by atoms with E-state index in [1.165, 1.54) is 0 Å². The summed E-state index contributed by atoms with van der Waals surface area (Å²) in [6.45, 7) is 18.0. The number of hydrogen-bond acceptors (Lipinski definition) is 1. The number of aliphatic carboxylic acids is 1. The van der Waals surface area contributed by atoms with Crippen LogP contribution in [0.2, 0.25) is 43.9 Å². The Morgan fingerprint density at radius 2 is 1.38 bits per heavy atom. The number of carbonyl (C=O) groups is 1. The molecule has 0 bridgehead atoms. The van der Waals surface area contributed by atoms with Crippen LogP contribution in [-0.2, 0) is 4.79 Å². The maximum Gasteiger partial charge on any atom is 0.330 e. The Labute approximate surface area is 102 Å². The third kappa shape index (κ3) is 3.07. The van der Waals surface area contributed by atoms with Crippen LogP contribution < -0.4 is 0 Å². The molecule has 0 rings (SSSR count). The summed E-state index contributed by atoms with van der Waals surface area (Å²) in [4.78, 5) is 11.0. The van der Waals surface area contributed by atoms with E-state index >= 15 is 0 Å². The quantitative estimate of drug-likeness (QED) is 0.611. The number of hydrogen-bond donors (Lipinski definition) is 1. The summed E-state index contributed by atoms with van der Waals surface area (Å²) in [6.07, 6.45) is 2.04. The molecule has 94 valence electrons. The van der Waals surface area contributed by atoms with Gasteiger partial charge in [-0.15, -0.1) is 0 Å². The first-order valence-corrected chi connectivity index (χ1v) is 12.8. The summed E-state index contributed by atoms with van der Waals surface area (Å²) in [7, 11) is -2.87. The molecule has 0 saturated carbocycles. The molecule has 0 amide bonds. The Hall–Kier alpha value is -0.356. The Morgan fingerprint density at radius 3 is 1.56 bits per heavy atom. The zero-order valence-electron chi connectivity index (χ0n) is 11.9. The lowest BCUT2D eigenvalue weighted by molar-refractivity contribution is -0.132. The van der Waals surface area contributed by atoms with Crippen molar-refractivity contribution >= 4 is 22.1 Å². The molecule has 1 N–H and O–H groups in total. The lowest BCUT2D eigenvalue weighted by atomic mass is 10.2. The van der Waals surface area contributed by atoms with Crippen molar-refractivity contribution in [2.24, 2.45) is 0 Å². The Balaban J connectivity index is 5.64. The molecular formula is C12H26O2Si2. The van der Waals surface area contributed by atoms with Crippen LogP contribution >= 0.6 is 0 Å². The number of carboxylic acid groups (broad SMARTS) is 1. The summed E-state index contributed by atoms with van der Waals surface area (Å²) in [5.74, 6) is -0.789. The van der Waals surface area contributed by atoms with E-state index in [1.807, 2.05) is 6.08 Å². The van der Waals surface area contributed by atoms with Crippen LogP contribution in [0.3, 0.4) is 0 Å². The second-order valence-corrected chi connectivity index (χ2v) is 18.4. The second kappa shape index (κ2) is 4.49. The van der Waals surface area contributed by atoms with Crippen molar-refractivity contribution < 1.29 is 9.90 Å². The molecular weight excluding hydrogens is 232 g/mol. The first kappa shape index (κ1) is 15.6. The zero-order valence-corrected chi connectivity index (χ0v) is 13.9. The molecule has 0 fully saturated rings. The van der Waals surface area contributed by atoms with Gasteiger partial charge in [0.25, 0.3) is 0 Å². The van der Waals surface area contributed by atoms with E-state index in [4.69, 9.17) is 5.11 Å². The van der Waals surface area contributed by atoms with E-state index in [9.17, 15) is 4.79 Å². The Kier molecular flexibility index (Phi) is 4.39. The standard InChI is InChI=1S/C12H26O2Si2/c1-10(11(13)14)9-12(2,15(3,4)5)16(6,7)8/h9H,1-8H3,(H,13,14). The predicted molar refractivity (Wildman–Crippen MR) is 76.5 cm³/mol. The highest BCUT2D eigenvalue weighted by Gasteiger charge is 2.47. The summed E-state index contributed by atoms with van der Waals surface area (Å²) >= 11 is 0. The fourth-order valence-corrected chi connectivity index (χ4v) is 12.4. The summed E-state index contributed by atoms with van der Waals surface area (Å²) < 4.78 is 0.114. The smallest absolute Gasteiger partial charge is 0.330 e. The molecule has 0 unspecified atom stereocenters. The molecule has 0 aromatic heterocycles. The van der Waals surface area contributed by atoms with Gasteiger partial charge in [-0.3, -0.25) is 0 Å². The SMILES string of the molecule is CC(=CC(C)([Si](C)(C)C)[Si](C)(C)C)C(=O)O. The van der Waals surface area contributed by atoms with Gasteiger partial charge in [0, 0.05) is 5.57 Å². The molecule has 2 nitrogen and oxygen atoms in total. The first-order valence-electron chi connectivity index (χ1n) is 5.76. The Bertz CT molecular complexity index is 292. The van der Waals surface area contributed by atoms with Gasteiger partial charge < -0.3 is 5.11 Å². The maximum absolute atomic E-state index is 11.0. The van der Waals surface area contributed by atoms with E-state index in [0.717, 1.165) is 0 Å². The molecule has 0 atom stereocenters. The zero-order chi connectivity index (χ0) is 13.4. The minimum Gasteiger partial charge on any atom is -0.478 e. The van der Waals surface area contributed by atoms with Gasteiger partial charge in [0.2, 0.25) is 0 Å². The lowest BCUT2D eigenvalue weighted by Crippen LogP contribution is -2.51. The first-order chi connectivity index (χ1) is 6.83. The molecule has 0 radical (unpaired) electrons. The minimum atomic E-state index is -1.43. The van der Waals surface area contributed by atoms with Gasteiger partial charge in [-0.25, -0.2) is 4.79 Å². The molecule has 16 heavy (non-hydrogen) atoms. The average molecular weight is 259 g/mol. The van der Waals surface area contributed by atoms with Gasteiger partial charge in [-0.05, 0) is 11.6 Å². The molecule has 0 aliphatic carbocycles. The minimum absolute atomic E-state index is 0.114. The van der Waals surface area contributed by atoms with Gasteiger partial charge in [0.15, 0.2) is 0 Å². The van der Waals surface area contributed by atoms with Crippen LogP contribution in [-0.4, -0.2) is 27.2 Å². The van der Waals surface area contributed by atoms with Crippen LogP contribution in [0.25, 0.3) is 0 Å². The maximum atomic E-state index is 11.0. The highest BCUT2D eigenvalue weighted by molar-refractivity contribution is 6.99. The van der Waals surface area contributed by atoms with Crippen LogP contribution in [0.15, 0.2) is 11.6 Å². The van der Waals surface area contributed by atoms with Crippen molar-refractivity contribution in [1.82, 2.24) is 0 Å². The van der Waals surface area contributed by atoms with E-state index in [2.05, 4.69) is 46.2 Å². The van der Waals surface area contributed by atoms with E-state index < -0.39 is 22.1 Å². The average Bonchev–Trinajstić information content (AvgIpc) is 1.99. The third-order valence-corrected chi connectivity index (χ3v) is 15.0. The number of allylic oxidation sites excluding steroid dienone is 1. The van der Waals surface area contributed by atoms with E-state index in [0.29, 0.717) is 5.57 Å². The fraction of sp³-hybridized carbons (Fsp3) is 0.750. The van der Waals surface area contributed by atoms with Crippen LogP contribution in [0, 0.1) is 0 Å². The summed E-state index contributed by atoms with van der Waals surface area (Å²) in [6, 6.07) is 0. The normalized spacial score (nSPS) is 15.1. The topological polar surface area (TPSA) is 37.3 Å². The molecule has 0 aliphatic rings. The highest BCUT2D eigenvalue weighted by Crippen LogP contribution is 2.48. The number of carboxylic acids is 1. The molecule has 4 heteroatoms.